The van der Waals surface area contributed by atoms with Crippen LogP contribution in [0, 0.1) is 0 Å². The first-order chi connectivity index (χ1) is 16.8. The zero-order valence-electron chi connectivity index (χ0n) is 19.3. The van der Waals surface area contributed by atoms with Gasteiger partial charge < -0.3 is 18.9 Å². The maximum absolute atomic E-state index is 5.86. The maximum Gasteiger partial charge on any atom is 0.241 e. The van der Waals surface area contributed by atoms with Crippen molar-refractivity contribution in [2.75, 3.05) is 38.2 Å². The minimum absolute atomic E-state index is 0.539. The Hall–Kier alpha value is -3.84. The van der Waals surface area contributed by atoms with Crippen molar-refractivity contribution in [2.45, 2.75) is 13.2 Å². The quantitative estimate of drug-likeness (QED) is 0.383. The fourth-order valence-electron chi connectivity index (χ4n) is 4.11. The van der Waals surface area contributed by atoms with Crippen LogP contribution in [0.4, 0.5) is 5.69 Å². The molecule has 1 aliphatic heterocycles. The molecule has 0 radical (unpaired) electrons. The average Bonchev–Trinajstić information content (AvgIpc) is 3.37. The number of hydrogen-bond acceptors (Lipinski definition) is 7. The van der Waals surface area contributed by atoms with E-state index in [1.165, 1.54) is 0 Å². The molecular formula is C27H28N4O3. The summed E-state index contributed by atoms with van der Waals surface area (Å²) in [6.45, 7) is 4.87. The second kappa shape index (κ2) is 10.4. The fraction of sp³-hybridized carbons (Fsp3) is 0.259. The summed E-state index contributed by atoms with van der Waals surface area (Å²) in [5.41, 5.74) is 3.18. The molecule has 174 valence electrons. The van der Waals surface area contributed by atoms with Crippen LogP contribution in [-0.4, -0.2) is 48.3 Å². The molecule has 1 fully saturated rings. The van der Waals surface area contributed by atoms with Gasteiger partial charge in [0, 0.05) is 31.7 Å². The molecule has 34 heavy (non-hydrogen) atoms. The van der Waals surface area contributed by atoms with Gasteiger partial charge in [-0.2, -0.15) is 4.98 Å². The van der Waals surface area contributed by atoms with Crippen LogP contribution in [0.5, 0.6) is 11.5 Å². The van der Waals surface area contributed by atoms with Crippen LogP contribution < -0.4 is 14.4 Å². The summed E-state index contributed by atoms with van der Waals surface area (Å²) in [7, 11) is 1.72. The third-order valence-electron chi connectivity index (χ3n) is 5.99. The molecule has 0 spiro atoms. The molecule has 0 saturated carbocycles. The van der Waals surface area contributed by atoms with Crippen LogP contribution in [0.3, 0.4) is 0 Å². The Morgan fingerprint density at radius 2 is 1.59 bits per heavy atom. The molecule has 4 aromatic rings. The Morgan fingerprint density at radius 1 is 0.853 bits per heavy atom. The molecule has 0 aliphatic carbocycles. The van der Waals surface area contributed by atoms with Crippen molar-refractivity contribution >= 4 is 5.69 Å². The minimum Gasteiger partial charge on any atom is -0.495 e. The van der Waals surface area contributed by atoms with E-state index in [4.69, 9.17) is 14.0 Å². The van der Waals surface area contributed by atoms with Crippen molar-refractivity contribution in [3.8, 4) is 22.9 Å². The maximum atomic E-state index is 5.86. The predicted molar refractivity (Wildman–Crippen MR) is 131 cm³/mol. The highest BCUT2D eigenvalue weighted by molar-refractivity contribution is 5.58. The Labute approximate surface area is 199 Å². The lowest BCUT2D eigenvalue weighted by molar-refractivity contribution is 0.215. The number of ether oxygens (including phenoxy) is 2. The van der Waals surface area contributed by atoms with Crippen LogP contribution >= 0.6 is 0 Å². The smallest absolute Gasteiger partial charge is 0.241 e. The lowest BCUT2D eigenvalue weighted by atomic mass is 10.2. The average molecular weight is 457 g/mol. The van der Waals surface area contributed by atoms with Gasteiger partial charge >= 0.3 is 0 Å². The highest BCUT2D eigenvalue weighted by Gasteiger charge is 2.21. The molecular weight excluding hydrogens is 428 g/mol. The van der Waals surface area contributed by atoms with Crippen LogP contribution in [0.25, 0.3) is 11.4 Å². The molecule has 0 atom stereocenters. The van der Waals surface area contributed by atoms with Crippen molar-refractivity contribution in [3.05, 3.63) is 90.3 Å². The summed E-state index contributed by atoms with van der Waals surface area (Å²) >= 11 is 0. The second-order valence-corrected chi connectivity index (χ2v) is 8.25. The van der Waals surface area contributed by atoms with Crippen LogP contribution in [-0.2, 0) is 13.2 Å². The molecule has 0 N–H and O–H groups in total. The van der Waals surface area contributed by atoms with Gasteiger partial charge in [0.1, 0.15) is 18.1 Å². The number of benzene rings is 3. The molecule has 3 aromatic carbocycles. The number of rotatable bonds is 8. The van der Waals surface area contributed by atoms with E-state index in [0.29, 0.717) is 24.9 Å². The van der Waals surface area contributed by atoms with E-state index >= 15 is 0 Å². The van der Waals surface area contributed by atoms with E-state index in [2.05, 4.69) is 26.0 Å². The van der Waals surface area contributed by atoms with Crippen molar-refractivity contribution in [3.63, 3.8) is 0 Å². The van der Waals surface area contributed by atoms with E-state index in [-0.39, 0.29) is 0 Å². The molecule has 1 aromatic heterocycles. The third-order valence-corrected chi connectivity index (χ3v) is 5.99. The van der Waals surface area contributed by atoms with Gasteiger partial charge in [-0.15, -0.1) is 0 Å². The number of aromatic nitrogens is 2. The zero-order valence-corrected chi connectivity index (χ0v) is 19.3. The van der Waals surface area contributed by atoms with Crippen molar-refractivity contribution < 1.29 is 14.0 Å². The number of piperazine rings is 1. The molecule has 5 rings (SSSR count). The molecule has 1 saturated heterocycles. The predicted octanol–water partition coefficient (Wildman–Crippen LogP) is 4.65. The molecule has 1 aliphatic rings. The van der Waals surface area contributed by atoms with Gasteiger partial charge in [0.05, 0.1) is 19.3 Å². The van der Waals surface area contributed by atoms with Crippen LogP contribution in [0.2, 0.25) is 0 Å². The van der Waals surface area contributed by atoms with Gasteiger partial charge in [-0.1, -0.05) is 47.6 Å². The Balaban J connectivity index is 1.14. The number of hydrogen-bond donors (Lipinski definition) is 0. The van der Waals surface area contributed by atoms with Crippen molar-refractivity contribution in [1.82, 2.24) is 15.0 Å². The highest BCUT2D eigenvalue weighted by Crippen LogP contribution is 2.28. The van der Waals surface area contributed by atoms with Gasteiger partial charge in [-0.3, -0.25) is 4.90 Å². The van der Waals surface area contributed by atoms with E-state index in [9.17, 15) is 0 Å². The number of nitrogens with zero attached hydrogens (tertiary/aromatic N) is 4. The zero-order chi connectivity index (χ0) is 23.2. The Morgan fingerprint density at radius 3 is 2.35 bits per heavy atom. The van der Waals surface area contributed by atoms with Crippen LogP contribution in [0.1, 0.15) is 11.5 Å². The molecule has 0 amide bonds. The molecule has 0 bridgehead atoms. The standard InChI is InChI=1S/C27H28N4O3/c1-32-25-10-6-5-9-24(25)31-17-15-30(16-18-31)19-26-28-27(29-34-26)22-11-13-23(14-12-22)33-20-21-7-3-2-4-8-21/h2-14H,15-20H2,1H3. The summed E-state index contributed by atoms with van der Waals surface area (Å²) in [4.78, 5) is 9.30. The first-order valence-corrected chi connectivity index (χ1v) is 11.5. The van der Waals surface area contributed by atoms with Gasteiger partial charge in [0.2, 0.25) is 11.7 Å². The fourth-order valence-corrected chi connectivity index (χ4v) is 4.11. The van der Waals surface area contributed by atoms with Gasteiger partial charge in [0.25, 0.3) is 0 Å². The van der Waals surface area contributed by atoms with Crippen LogP contribution in [0.15, 0.2) is 83.4 Å². The topological polar surface area (TPSA) is 63.9 Å². The largest absolute Gasteiger partial charge is 0.495 e. The van der Waals surface area contributed by atoms with E-state index in [0.717, 1.165) is 54.5 Å². The minimum atomic E-state index is 0.539. The summed E-state index contributed by atoms with van der Waals surface area (Å²) in [5, 5.41) is 4.18. The Bertz CT molecular complexity index is 1190. The Kier molecular flexibility index (Phi) is 6.72. The number of para-hydroxylation sites is 2. The summed E-state index contributed by atoms with van der Waals surface area (Å²) in [5.74, 6) is 2.95. The first-order valence-electron chi connectivity index (χ1n) is 11.5. The normalized spacial score (nSPS) is 14.2. The van der Waals surface area contributed by atoms with E-state index < -0.39 is 0 Å². The summed E-state index contributed by atoms with van der Waals surface area (Å²) < 4.78 is 16.9. The number of anilines is 1. The summed E-state index contributed by atoms with van der Waals surface area (Å²) in [6, 6.07) is 26.1. The highest BCUT2D eigenvalue weighted by atomic mass is 16.5. The van der Waals surface area contributed by atoms with Crippen molar-refractivity contribution in [2.24, 2.45) is 0 Å². The SMILES string of the molecule is COc1ccccc1N1CCN(Cc2nc(-c3ccc(OCc4ccccc4)cc3)no2)CC1. The first kappa shape index (κ1) is 22.0. The van der Waals surface area contributed by atoms with Gasteiger partial charge in [0.15, 0.2) is 0 Å². The van der Waals surface area contributed by atoms with Gasteiger partial charge in [-0.05, 0) is 42.0 Å². The molecule has 0 unspecified atom stereocenters. The van der Waals surface area contributed by atoms with Crippen molar-refractivity contribution in [1.29, 1.82) is 0 Å². The molecule has 7 nitrogen and oxygen atoms in total. The van der Waals surface area contributed by atoms with E-state index in [1.807, 2.05) is 72.8 Å². The number of methoxy groups -OCH3 is 1. The monoisotopic (exact) mass is 456 g/mol. The molecule has 7 heteroatoms. The lowest BCUT2D eigenvalue weighted by Gasteiger charge is -2.35. The van der Waals surface area contributed by atoms with Gasteiger partial charge in [-0.25, -0.2) is 0 Å². The van der Waals surface area contributed by atoms with E-state index in [1.54, 1.807) is 7.11 Å². The lowest BCUT2D eigenvalue weighted by Crippen LogP contribution is -2.46. The molecule has 2 heterocycles. The second-order valence-electron chi connectivity index (χ2n) is 8.25. The third kappa shape index (κ3) is 5.21. The summed E-state index contributed by atoms with van der Waals surface area (Å²) in [6.07, 6.45) is 0.